The second-order valence-corrected chi connectivity index (χ2v) is 9.93. The van der Waals surface area contributed by atoms with Crippen molar-refractivity contribution in [3.8, 4) is 0 Å². The number of alkyl carbamates (subject to hydrolysis) is 1. The molecule has 21 heavy (non-hydrogen) atoms. The molecule has 6 heteroatoms. The second kappa shape index (κ2) is 5.71. The summed E-state index contributed by atoms with van der Waals surface area (Å²) in [6.45, 7) is 15.5. The monoisotopic (exact) mass is 316 g/mol. The summed E-state index contributed by atoms with van der Waals surface area (Å²) in [5.74, 6) is -0.188. The van der Waals surface area contributed by atoms with Crippen molar-refractivity contribution in [2.75, 3.05) is 0 Å². The van der Waals surface area contributed by atoms with Crippen LogP contribution in [0.15, 0.2) is 0 Å². The zero-order valence-electron chi connectivity index (χ0n) is 14.3. The van der Waals surface area contributed by atoms with Gasteiger partial charge in [0.25, 0.3) is 0 Å². The van der Waals surface area contributed by atoms with E-state index in [0.717, 1.165) is 0 Å². The summed E-state index contributed by atoms with van der Waals surface area (Å²) in [4.78, 5) is 23.9. The molecule has 0 aromatic heterocycles. The summed E-state index contributed by atoms with van der Waals surface area (Å²) in [6, 6.07) is -0.553. The molecule has 2 amide bonds. The van der Waals surface area contributed by atoms with Gasteiger partial charge >= 0.3 is 6.09 Å². The van der Waals surface area contributed by atoms with Crippen LogP contribution in [0.5, 0.6) is 0 Å². The van der Waals surface area contributed by atoms with Crippen LogP contribution in [0.25, 0.3) is 0 Å². The van der Waals surface area contributed by atoms with E-state index in [1.54, 1.807) is 27.7 Å². The topological polar surface area (TPSA) is 67.4 Å². The van der Waals surface area contributed by atoms with Gasteiger partial charge in [-0.15, -0.1) is 11.8 Å². The quantitative estimate of drug-likeness (QED) is 0.840. The minimum absolute atomic E-state index is 0.00476. The van der Waals surface area contributed by atoms with E-state index in [1.165, 1.54) is 0 Å². The lowest BCUT2D eigenvalue weighted by atomic mass is 9.89. The third kappa shape index (κ3) is 4.80. The van der Waals surface area contributed by atoms with Gasteiger partial charge in [-0.2, -0.15) is 0 Å². The lowest BCUT2D eigenvalue weighted by molar-refractivity contribution is -0.124. The van der Waals surface area contributed by atoms with Crippen LogP contribution >= 0.6 is 11.8 Å². The average Bonchev–Trinajstić information content (AvgIpc) is 2.20. The first-order chi connectivity index (χ1) is 9.24. The van der Waals surface area contributed by atoms with Gasteiger partial charge in [0.15, 0.2) is 0 Å². The third-order valence-corrected chi connectivity index (χ3v) is 4.85. The molecule has 0 radical (unpaired) electrons. The van der Waals surface area contributed by atoms with Crippen LogP contribution in [0, 0.1) is 0 Å². The maximum Gasteiger partial charge on any atom is 0.408 e. The fraction of sp³-hybridized carbons (Fsp3) is 0.867. The first-order valence-electron chi connectivity index (χ1n) is 7.25. The number of amides is 2. The van der Waals surface area contributed by atoms with E-state index in [9.17, 15) is 9.59 Å². The number of hydrogen-bond acceptors (Lipinski definition) is 4. The smallest absolute Gasteiger partial charge is 0.408 e. The van der Waals surface area contributed by atoms with Gasteiger partial charge in [0.1, 0.15) is 11.6 Å². The molecular formula is C15H28N2O3S. The Morgan fingerprint density at radius 1 is 1.14 bits per heavy atom. The van der Waals surface area contributed by atoms with Crippen LogP contribution in [0.2, 0.25) is 0 Å². The highest BCUT2D eigenvalue weighted by Crippen LogP contribution is 2.54. The van der Waals surface area contributed by atoms with Crippen molar-refractivity contribution in [3.63, 3.8) is 0 Å². The van der Waals surface area contributed by atoms with Crippen molar-refractivity contribution >= 4 is 23.8 Å². The summed E-state index contributed by atoms with van der Waals surface area (Å²) < 4.78 is 5.16. The molecule has 1 rings (SSSR count). The summed E-state index contributed by atoms with van der Waals surface area (Å²) >= 11 is 1.84. The molecule has 0 saturated carbocycles. The lowest BCUT2D eigenvalue weighted by Gasteiger charge is -2.57. The van der Waals surface area contributed by atoms with Crippen LogP contribution in [-0.2, 0) is 9.53 Å². The number of nitrogens with one attached hydrogen (secondary N) is 2. The third-order valence-electron chi connectivity index (χ3n) is 3.33. The van der Waals surface area contributed by atoms with Gasteiger partial charge in [-0.3, -0.25) is 4.79 Å². The van der Waals surface area contributed by atoms with Gasteiger partial charge in [-0.25, -0.2) is 4.79 Å². The Morgan fingerprint density at radius 2 is 1.62 bits per heavy atom. The maximum absolute atomic E-state index is 12.2. The molecule has 0 spiro atoms. The van der Waals surface area contributed by atoms with Crippen LogP contribution in [0.4, 0.5) is 4.79 Å². The first-order valence-corrected chi connectivity index (χ1v) is 8.06. The van der Waals surface area contributed by atoms with E-state index < -0.39 is 17.7 Å². The summed E-state index contributed by atoms with van der Waals surface area (Å²) in [5, 5.41) is 5.60. The Hall–Kier alpha value is -0.910. The van der Waals surface area contributed by atoms with Crippen LogP contribution < -0.4 is 10.6 Å². The lowest BCUT2D eigenvalue weighted by Crippen LogP contribution is -2.68. The van der Waals surface area contributed by atoms with Gasteiger partial charge in [0.2, 0.25) is 5.91 Å². The van der Waals surface area contributed by atoms with Crippen molar-refractivity contribution in [1.29, 1.82) is 0 Å². The van der Waals surface area contributed by atoms with Gasteiger partial charge in [-0.05, 0) is 55.4 Å². The van der Waals surface area contributed by atoms with Crippen LogP contribution in [0.3, 0.4) is 0 Å². The van der Waals surface area contributed by atoms with E-state index >= 15 is 0 Å². The van der Waals surface area contributed by atoms with Crippen LogP contribution in [0.1, 0.15) is 55.4 Å². The molecule has 1 fully saturated rings. The number of hydrogen-bond donors (Lipinski definition) is 2. The molecule has 1 aliphatic rings. The van der Waals surface area contributed by atoms with E-state index in [4.69, 9.17) is 4.74 Å². The standard InChI is InChI=1S/C15H28N2O3S/c1-9(16-12(19)20-13(2,3)4)10(18)17-11-14(5,6)21-15(11,7)8/h9,11H,1-8H3,(H,16,19)(H,17,18)/t9-/m1/s1. The molecule has 122 valence electrons. The number of ether oxygens (including phenoxy) is 1. The predicted molar refractivity (Wildman–Crippen MR) is 86.5 cm³/mol. The van der Waals surface area contributed by atoms with Crippen molar-refractivity contribution in [3.05, 3.63) is 0 Å². The van der Waals surface area contributed by atoms with Crippen molar-refractivity contribution in [1.82, 2.24) is 10.6 Å². The Balaban J connectivity index is 2.54. The second-order valence-electron chi connectivity index (χ2n) is 7.62. The normalized spacial score (nSPS) is 21.9. The Kier molecular flexibility index (Phi) is 4.93. The SMILES string of the molecule is C[C@@H](NC(=O)OC(C)(C)C)C(=O)NC1C(C)(C)SC1(C)C. The summed E-state index contributed by atoms with van der Waals surface area (Å²) in [7, 11) is 0. The molecule has 5 nitrogen and oxygen atoms in total. The molecule has 1 heterocycles. The highest BCUT2D eigenvalue weighted by molar-refractivity contribution is 8.03. The molecule has 0 aliphatic carbocycles. The number of thioether (sulfide) groups is 1. The highest BCUT2D eigenvalue weighted by atomic mass is 32.2. The van der Waals surface area contributed by atoms with E-state index in [0.29, 0.717) is 0 Å². The van der Waals surface area contributed by atoms with E-state index in [1.807, 2.05) is 11.8 Å². The largest absolute Gasteiger partial charge is 0.444 e. The van der Waals surface area contributed by atoms with Crippen LogP contribution in [-0.4, -0.2) is 39.2 Å². The molecular weight excluding hydrogens is 288 g/mol. The highest BCUT2D eigenvalue weighted by Gasteiger charge is 2.54. The Labute approximate surface area is 132 Å². The minimum atomic E-state index is -0.628. The molecule has 0 bridgehead atoms. The summed E-state index contributed by atoms with van der Waals surface area (Å²) in [6.07, 6.45) is -0.577. The van der Waals surface area contributed by atoms with Crippen molar-refractivity contribution in [2.45, 2.75) is 82.6 Å². The van der Waals surface area contributed by atoms with Gasteiger partial charge in [-0.1, -0.05) is 0 Å². The van der Waals surface area contributed by atoms with E-state index in [-0.39, 0.29) is 21.4 Å². The Morgan fingerprint density at radius 3 is 2.00 bits per heavy atom. The van der Waals surface area contributed by atoms with E-state index in [2.05, 4.69) is 38.3 Å². The zero-order valence-corrected chi connectivity index (χ0v) is 15.1. The fourth-order valence-corrected chi connectivity index (χ4v) is 4.85. The van der Waals surface area contributed by atoms with Crippen molar-refractivity contribution in [2.24, 2.45) is 0 Å². The minimum Gasteiger partial charge on any atom is -0.444 e. The zero-order chi connectivity index (χ0) is 16.6. The van der Waals surface area contributed by atoms with Gasteiger partial charge < -0.3 is 15.4 Å². The number of carbonyl (C=O) groups excluding carboxylic acids is 2. The fourth-order valence-electron chi connectivity index (χ4n) is 2.74. The average molecular weight is 316 g/mol. The molecule has 0 aromatic carbocycles. The Bertz CT molecular complexity index is 413. The maximum atomic E-state index is 12.2. The number of carbonyl (C=O) groups is 2. The molecule has 2 N–H and O–H groups in total. The molecule has 1 aliphatic heterocycles. The molecule has 0 unspecified atom stereocenters. The first kappa shape index (κ1) is 18.1. The van der Waals surface area contributed by atoms with Gasteiger partial charge in [0, 0.05) is 9.49 Å². The van der Waals surface area contributed by atoms with Gasteiger partial charge in [0.05, 0.1) is 6.04 Å². The predicted octanol–water partition coefficient (Wildman–Crippen LogP) is 2.69. The number of rotatable bonds is 3. The van der Waals surface area contributed by atoms with Crippen molar-refractivity contribution < 1.29 is 14.3 Å². The molecule has 0 aromatic rings. The summed E-state index contributed by atoms with van der Waals surface area (Å²) in [5.41, 5.74) is -0.575. The molecule has 1 atom stereocenters. The molecule has 1 saturated heterocycles.